The minimum atomic E-state index is -0.537. The monoisotopic (exact) mass is 243 g/mol. The second kappa shape index (κ2) is 6.55. The lowest BCUT2D eigenvalue weighted by molar-refractivity contribution is 0.224. The van der Waals surface area contributed by atoms with Crippen molar-refractivity contribution in [2.45, 2.75) is 26.8 Å². The number of rotatable bonds is 6. The molecular weight excluding hydrogens is 224 g/mol. The van der Waals surface area contributed by atoms with Crippen LogP contribution in [0.15, 0.2) is 18.2 Å². The number of likely N-dealkylation sites (N-methyl/N-ethyl adjacent to an activating group) is 1. The summed E-state index contributed by atoms with van der Waals surface area (Å²) in [6.45, 7) is 7.25. The van der Waals surface area contributed by atoms with E-state index in [1.54, 1.807) is 0 Å². The number of nitrogens with one attached hydrogen (secondary N) is 1. The van der Waals surface area contributed by atoms with Crippen molar-refractivity contribution in [3.63, 3.8) is 0 Å². The predicted octanol–water partition coefficient (Wildman–Crippen LogP) is 2.98. The third kappa shape index (κ3) is 4.30. The van der Waals surface area contributed by atoms with Gasteiger partial charge in [-0.3, -0.25) is 0 Å². The standard InChI is InChI=1S/C13H19F2NO/c1-4-16-12(9(2)3)8-17-13-7-10(14)5-6-11(13)15/h5-7,9,12,16H,4,8H2,1-3H3. The van der Waals surface area contributed by atoms with Gasteiger partial charge in [0, 0.05) is 12.1 Å². The van der Waals surface area contributed by atoms with Crippen LogP contribution in [0.3, 0.4) is 0 Å². The van der Waals surface area contributed by atoms with E-state index < -0.39 is 11.6 Å². The molecule has 0 spiro atoms. The Morgan fingerprint density at radius 1 is 1.29 bits per heavy atom. The molecule has 17 heavy (non-hydrogen) atoms. The van der Waals surface area contributed by atoms with Crippen LogP contribution in [0.2, 0.25) is 0 Å². The summed E-state index contributed by atoms with van der Waals surface area (Å²) in [5.74, 6) is -0.698. The zero-order chi connectivity index (χ0) is 12.8. The Morgan fingerprint density at radius 2 is 2.00 bits per heavy atom. The van der Waals surface area contributed by atoms with E-state index in [2.05, 4.69) is 19.2 Å². The molecule has 0 saturated carbocycles. The van der Waals surface area contributed by atoms with Gasteiger partial charge in [-0.25, -0.2) is 8.78 Å². The molecule has 1 rings (SSSR count). The van der Waals surface area contributed by atoms with Crippen molar-refractivity contribution in [2.24, 2.45) is 5.92 Å². The number of halogens is 2. The van der Waals surface area contributed by atoms with E-state index in [1.165, 1.54) is 0 Å². The predicted molar refractivity (Wildman–Crippen MR) is 64.2 cm³/mol. The van der Waals surface area contributed by atoms with E-state index in [1.807, 2.05) is 6.92 Å². The highest BCUT2D eigenvalue weighted by Gasteiger charge is 2.14. The van der Waals surface area contributed by atoms with Gasteiger partial charge in [-0.15, -0.1) is 0 Å². The molecule has 1 N–H and O–H groups in total. The molecule has 0 bridgehead atoms. The van der Waals surface area contributed by atoms with Gasteiger partial charge in [-0.2, -0.15) is 0 Å². The fraction of sp³-hybridized carbons (Fsp3) is 0.538. The molecule has 1 unspecified atom stereocenters. The van der Waals surface area contributed by atoms with Crippen molar-refractivity contribution in [1.29, 1.82) is 0 Å². The highest BCUT2D eigenvalue weighted by molar-refractivity contribution is 5.24. The first kappa shape index (κ1) is 13.9. The van der Waals surface area contributed by atoms with Gasteiger partial charge in [0.25, 0.3) is 0 Å². The minimum absolute atomic E-state index is 0.0337. The second-order valence-corrected chi connectivity index (χ2v) is 4.29. The molecular formula is C13H19F2NO. The summed E-state index contributed by atoms with van der Waals surface area (Å²) in [6, 6.07) is 3.34. The molecule has 0 aliphatic rings. The first-order valence-electron chi connectivity index (χ1n) is 5.85. The third-order valence-corrected chi connectivity index (χ3v) is 2.58. The first-order valence-corrected chi connectivity index (χ1v) is 5.85. The summed E-state index contributed by atoms with van der Waals surface area (Å²) in [5, 5.41) is 3.25. The normalized spacial score (nSPS) is 12.8. The molecule has 2 nitrogen and oxygen atoms in total. The van der Waals surface area contributed by atoms with Gasteiger partial charge in [0.05, 0.1) is 0 Å². The SMILES string of the molecule is CCNC(COc1cc(F)ccc1F)C(C)C. The van der Waals surface area contributed by atoms with Gasteiger partial charge >= 0.3 is 0 Å². The Bertz CT molecular complexity index is 355. The lowest BCUT2D eigenvalue weighted by Crippen LogP contribution is -2.38. The number of hydrogen-bond acceptors (Lipinski definition) is 2. The lowest BCUT2D eigenvalue weighted by atomic mass is 10.1. The Morgan fingerprint density at radius 3 is 2.59 bits per heavy atom. The maximum absolute atomic E-state index is 13.3. The van der Waals surface area contributed by atoms with Crippen LogP contribution in [0.4, 0.5) is 8.78 Å². The molecule has 1 aromatic carbocycles. The highest BCUT2D eigenvalue weighted by Crippen LogP contribution is 2.18. The fourth-order valence-electron chi connectivity index (χ4n) is 1.52. The summed E-state index contributed by atoms with van der Waals surface area (Å²) in [7, 11) is 0. The Hall–Kier alpha value is -1.16. The Labute approximate surface area is 101 Å². The Kier molecular flexibility index (Phi) is 5.35. The van der Waals surface area contributed by atoms with Crippen LogP contribution in [0.25, 0.3) is 0 Å². The van der Waals surface area contributed by atoms with Gasteiger partial charge < -0.3 is 10.1 Å². The smallest absolute Gasteiger partial charge is 0.165 e. The van der Waals surface area contributed by atoms with E-state index in [0.717, 1.165) is 24.7 Å². The average Bonchev–Trinajstić information content (AvgIpc) is 2.28. The van der Waals surface area contributed by atoms with E-state index in [-0.39, 0.29) is 11.8 Å². The van der Waals surface area contributed by atoms with Crippen LogP contribution in [0.1, 0.15) is 20.8 Å². The molecule has 0 amide bonds. The maximum Gasteiger partial charge on any atom is 0.165 e. The number of ether oxygens (including phenoxy) is 1. The van der Waals surface area contributed by atoms with Crippen LogP contribution in [-0.2, 0) is 0 Å². The van der Waals surface area contributed by atoms with Gasteiger partial charge in [-0.05, 0) is 24.6 Å². The maximum atomic E-state index is 13.3. The summed E-state index contributed by atoms with van der Waals surface area (Å²) in [5.41, 5.74) is 0. The molecule has 4 heteroatoms. The van der Waals surface area contributed by atoms with Crippen LogP contribution in [0.5, 0.6) is 5.75 Å². The molecule has 0 aromatic heterocycles. The highest BCUT2D eigenvalue weighted by atomic mass is 19.1. The number of hydrogen-bond donors (Lipinski definition) is 1. The lowest BCUT2D eigenvalue weighted by Gasteiger charge is -2.22. The van der Waals surface area contributed by atoms with Crippen LogP contribution < -0.4 is 10.1 Å². The molecule has 0 fully saturated rings. The summed E-state index contributed by atoms with van der Waals surface area (Å²) >= 11 is 0. The summed E-state index contributed by atoms with van der Waals surface area (Å²) in [4.78, 5) is 0. The molecule has 96 valence electrons. The third-order valence-electron chi connectivity index (χ3n) is 2.58. The quantitative estimate of drug-likeness (QED) is 0.829. The zero-order valence-electron chi connectivity index (χ0n) is 10.5. The largest absolute Gasteiger partial charge is 0.489 e. The van der Waals surface area contributed by atoms with Crippen LogP contribution in [0, 0.1) is 17.6 Å². The van der Waals surface area contributed by atoms with Crippen molar-refractivity contribution >= 4 is 0 Å². The van der Waals surface area contributed by atoms with E-state index >= 15 is 0 Å². The molecule has 0 aliphatic carbocycles. The van der Waals surface area contributed by atoms with Gasteiger partial charge in [0.1, 0.15) is 12.4 Å². The first-order chi connectivity index (χ1) is 8.04. The summed E-state index contributed by atoms with van der Waals surface area (Å²) < 4.78 is 31.5. The second-order valence-electron chi connectivity index (χ2n) is 4.29. The van der Waals surface area contributed by atoms with Crippen molar-refractivity contribution < 1.29 is 13.5 Å². The summed E-state index contributed by atoms with van der Waals surface area (Å²) in [6.07, 6.45) is 0. The zero-order valence-corrected chi connectivity index (χ0v) is 10.5. The molecule has 0 radical (unpaired) electrons. The van der Waals surface area contributed by atoms with Crippen molar-refractivity contribution in [3.8, 4) is 5.75 Å². The number of benzene rings is 1. The molecule has 1 atom stereocenters. The van der Waals surface area contributed by atoms with Gasteiger partial charge in [0.15, 0.2) is 11.6 Å². The molecule has 0 heterocycles. The fourth-order valence-corrected chi connectivity index (χ4v) is 1.52. The Balaban J connectivity index is 2.61. The van der Waals surface area contributed by atoms with Crippen molar-refractivity contribution in [1.82, 2.24) is 5.32 Å². The van der Waals surface area contributed by atoms with Crippen molar-refractivity contribution in [3.05, 3.63) is 29.8 Å². The molecule has 0 aliphatic heterocycles. The minimum Gasteiger partial charge on any atom is -0.489 e. The van der Waals surface area contributed by atoms with Crippen LogP contribution >= 0.6 is 0 Å². The average molecular weight is 243 g/mol. The van der Waals surface area contributed by atoms with Gasteiger partial charge in [-0.1, -0.05) is 20.8 Å². The molecule has 0 saturated heterocycles. The van der Waals surface area contributed by atoms with E-state index in [0.29, 0.717) is 12.5 Å². The van der Waals surface area contributed by atoms with Gasteiger partial charge in [0.2, 0.25) is 0 Å². The van der Waals surface area contributed by atoms with E-state index in [4.69, 9.17) is 4.74 Å². The van der Waals surface area contributed by atoms with Crippen molar-refractivity contribution in [2.75, 3.05) is 13.2 Å². The van der Waals surface area contributed by atoms with E-state index in [9.17, 15) is 8.78 Å². The van der Waals surface area contributed by atoms with Crippen LogP contribution in [-0.4, -0.2) is 19.2 Å². The molecule has 1 aromatic rings. The topological polar surface area (TPSA) is 21.3 Å².